The van der Waals surface area contributed by atoms with Gasteiger partial charge in [0.2, 0.25) is 0 Å². The summed E-state index contributed by atoms with van der Waals surface area (Å²) in [6, 6.07) is 8.31. The summed E-state index contributed by atoms with van der Waals surface area (Å²) >= 11 is 5.22. The Morgan fingerprint density at radius 3 is 2.81 bits per heavy atom. The molecule has 4 nitrogen and oxygen atoms in total. The Labute approximate surface area is 137 Å². The Morgan fingerprint density at radius 1 is 1.24 bits per heavy atom. The first-order chi connectivity index (χ1) is 10.3. The van der Waals surface area contributed by atoms with Crippen molar-refractivity contribution in [1.29, 1.82) is 0 Å². The molecule has 1 fully saturated rings. The molecule has 0 radical (unpaired) electrons. The molecule has 1 aromatic carbocycles. The Bertz CT molecular complexity index is 553. The van der Waals surface area contributed by atoms with E-state index in [0.29, 0.717) is 0 Å². The molecule has 6 heteroatoms. The summed E-state index contributed by atoms with van der Waals surface area (Å²) in [5, 5.41) is 6.68. The number of rotatable bonds is 5. The second-order valence-corrected chi connectivity index (χ2v) is 6.87. The summed E-state index contributed by atoms with van der Waals surface area (Å²) in [6.07, 6.45) is 1.88. The molecule has 112 valence electrons. The van der Waals surface area contributed by atoms with Crippen LogP contribution in [0, 0.1) is 0 Å². The summed E-state index contributed by atoms with van der Waals surface area (Å²) in [6.45, 7) is 6.43. The zero-order valence-corrected chi connectivity index (χ0v) is 14.2. The van der Waals surface area contributed by atoms with Crippen LogP contribution in [0.4, 0.5) is 10.8 Å². The largest absolute Gasteiger partial charge is 0.384 e. The van der Waals surface area contributed by atoms with Crippen LogP contribution in [0.25, 0.3) is 0 Å². The van der Waals surface area contributed by atoms with E-state index in [1.807, 2.05) is 17.6 Å². The predicted octanol–water partition coefficient (Wildman–Crippen LogP) is 3.14. The maximum atomic E-state index is 4.38. The third-order valence-electron chi connectivity index (χ3n) is 3.64. The van der Waals surface area contributed by atoms with Gasteiger partial charge in [0.05, 0.1) is 0 Å². The first-order valence-corrected chi connectivity index (χ1v) is 8.85. The van der Waals surface area contributed by atoms with Crippen molar-refractivity contribution in [2.75, 3.05) is 49.5 Å². The minimum Gasteiger partial charge on any atom is -0.384 e. The molecule has 0 bridgehead atoms. The summed E-state index contributed by atoms with van der Waals surface area (Å²) in [5.41, 5.74) is 1.17. The van der Waals surface area contributed by atoms with Crippen LogP contribution >= 0.6 is 27.3 Å². The van der Waals surface area contributed by atoms with Crippen molar-refractivity contribution in [2.45, 2.75) is 0 Å². The molecule has 0 spiro atoms. The molecule has 2 heterocycles. The lowest BCUT2D eigenvalue weighted by molar-refractivity contribution is 0.267. The van der Waals surface area contributed by atoms with Crippen molar-refractivity contribution < 1.29 is 0 Å². The molecule has 0 atom stereocenters. The second kappa shape index (κ2) is 7.24. The Hall–Kier alpha value is -1.11. The molecular formula is C15H19BrN4S. The molecular weight excluding hydrogens is 348 g/mol. The Morgan fingerprint density at radius 2 is 2.10 bits per heavy atom. The standard InChI is InChI=1S/C15H19BrN4S/c16-13-2-1-3-14(12-13)17-4-6-19-7-9-20(10-8-19)15-18-5-11-21-15/h1-3,5,11-12,17H,4,6-10H2. The van der Waals surface area contributed by atoms with Gasteiger partial charge in [-0.25, -0.2) is 4.98 Å². The second-order valence-electron chi connectivity index (χ2n) is 5.08. The number of halogens is 1. The normalized spacial score (nSPS) is 16.1. The lowest BCUT2D eigenvalue weighted by Gasteiger charge is -2.34. The number of anilines is 2. The number of piperazine rings is 1. The van der Waals surface area contributed by atoms with E-state index in [4.69, 9.17) is 0 Å². The van der Waals surface area contributed by atoms with Gasteiger partial charge in [-0.1, -0.05) is 22.0 Å². The SMILES string of the molecule is Brc1cccc(NCCN2CCN(c3nccs3)CC2)c1. The zero-order chi connectivity index (χ0) is 14.5. The summed E-state index contributed by atoms with van der Waals surface area (Å²) in [4.78, 5) is 9.27. The van der Waals surface area contributed by atoms with Crippen molar-refractivity contribution in [3.63, 3.8) is 0 Å². The van der Waals surface area contributed by atoms with E-state index >= 15 is 0 Å². The van der Waals surface area contributed by atoms with E-state index in [1.165, 1.54) is 5.69 Å². The Balaban J connectivity index is 1.40. The third kappa shape index (κ3) is 4.18. The van der Waals surface area contributed by atoms with E-state index in [-0.39, 0.29) is 0 Å². The van der Waals surface area contributed by atoms with Crippen molar-refractivity contribution in [3.8, 4) is 0 Å². The van der Waals surface area contributed by atoms with Gasteiger partial charge < -0.3 is 10.2 Å². The molecule has 0 unspecified atom stereocenters. The summed E-state index contributed by atoms with van der Waals surface area (Å²) in [5.74, 6) is 0. The van der Waals surface area contributed by atoms with Gasteiger partial charge in [-0.15, -0.1) is 11.3 Å². The molecule has 0 aliphatic carbocycles. The average Bonchev–Trinajstić information content (AvgIpc) is 3.02. The number of hydrogen-bond acceptors (Lipinski definition) is 5. The third-order valence-corrected chi connectivity index (χ3v) is 4.97. The molecule has 1 aromatic heterocycles. The minimum absolute atomic E-state index is 0.980. The highest BCUT2D eigenvalue weighted by atomic mass is 79.9. The fourth-order valence-corrected chi connectivity index (χ4v) is 3.59. The maximum Gasteiger partial charge on any atom is 0.185 e. The number of benzene rings is 1. The van der Waals surface area contributed by atoms with Crippen LogP contribution in [0.3, 0.4) is 0 Å². The minimum atomic E-state index is 0.980. The van der Waals surface area contributed by atoms with Crippen molar-refractivity contribution in [1.82, 2.24) is 9.88 Å². The van der Waals surface area contributed by atoms with Crippen LogP contribution in [0.5, 0.6) is 0 Å². The van der Waals surface area contributed by atoms with Crippen LogP contribution in [-0.2, 0) is 0 Å². The number of hydrogen-bond donors (Lipinski definition) is 1. The topological polar surface area (TPSA) is 31.4 Å². The molecule has 1 N–H and O–H groups in total. The fraction of sp³-hybridized carbons (Fsp3) is 0.400. The van der Waals surface area contributed by atoms with E-state index in [1.54, 1.807) is 11.3 Å². The van der Waals surface area contributed by atoms with Gasteiger partial charge in [0.1, 0.15) is 0 Å². The van der Waals surface area contributed by atoms with Crippen LogP contribution in [0.1, 0.15) is 0 Å². The fourth-order valence-electron chi connectivity index (χ4n) is 2.49. The van der Waals surface area contributed by atoms with Crippen molar-refractivity contribution in [2.24, 2.45) is 0 Å². The van der Waals surface area contributed by atoms with Gasteiger partial charge in [-0.2, -0.15) is 0 Å². The van der Waals surface area contributed by atoms with Gasteiger partial charge in [0.15, 0.2) is 5.13 Å². The van der Waals surface area contributed by atoms with Gasteiger partial charge in [0, 0.05) is 61.0 Å². The van der Waals surface area contributed by atoms with E-state index in [9.17, 15) is 0 Å². The first kappa shape index (κ1) is 14.8. The molecule has 2 aromatic rings. The summed E-state index contributed by atoms with van der Waals surface area (Å²) < 4.78 is 1.12. The van der Waals surface area contributed by atoms with Gasteiger partial charge >= 0.3 is 0 Å². The smallest absolute Gasteiger partial charge is 0.185 e. The van der Waals surface area contributed by atoms with E-state index in [2.05, 4.69) is 54.2 Å². The first-order valence-electron chi connectivity index (χ1n) is 7.17. The quantitative estimate of drug-likeness (QED) is 0.880. The van der Waals surface area contributed by atoms with Crippen LogP contribution in [-0.4, -0.2) is 49.2 Å². The Kier molecular flexibility index (Phi) is 5.11. The zero-order valence-electron chi connectivity index (χ0n) is 11.8. The highest BCUT2D eigenvalue weighted by Crippen LogP contribution is 2.19. The number of nitrogens with one attached hydrogen (secondary N) is 1. The highest BCUT2D eigenvalue weighted by molar-refractivity contribution is 9.10. The maximum absolute atomic E-state index is 4.38. The molecule has 1 aliphatic rings. The van der Waals surface area contributed by atoms with Crippen LogP contribution in [0.15, 0.2) is 40.3 Å². The van der Waals surface area contributed by atoms with Gasteiger partial charge in [-0.05, 0) is 18.2 Å². The summed E-state index contributed by atoms with van der Waals surface area (Å²) in [7, 11) is 0. The lowest BCUT2D eigenvalue weighted by Crippen LogP contribution is -2.47. The molecule has 0 saturated carbocycles. The van der Waals surface area contributed by atoms with Crippen molar-refractivity contribution in [3.05, 3.63) is 40.3 Å². The molecule has 3 rings (SSSR count). The van der Waals surface area contributed by atoms with Crippen LogP contribution in [0.2, 0.25) is 0 Å². The van der Waals surface area contributed by atoms with E-state index in [0.717, 1.165) is 48.9 Å². The average molecular weight is 367 g/mol. The van der Waals surface area contributed by atoms with Gasteiger partial charge in [-0.3, -0.25) is 4.90 Å². The monoisotopic (exact) mass is 366 g/mol. The van der Waals surface area contributed by atoms with Crippen molar-refractivity contribution >= 4 is 38.1 Å². The number of nitrogens with zero attached hydrogens (tertiary/aromatic N) is 3. The van der Waals surface area contributed by atoms with Gasteiger partial charge in [0.25, 0.3) is 0 Å². The van der Waals surface area contributed by atoms with Crippen LogP contribution < -0.4 is 10.2 Å². The number of aromatic nitrogens is 1. The molecule has 0 amide bonds. The molecule has 21 heavy (non-hydrogen) atoms. The molecule has 1 saturated heterocycles. The molecule has 1 aliphatic heterocycles. The predicted molar refractivity (Wildman–Crippen MR) is 93.4 cm³/mol. The lowest BCUT2D eigenvalue weighted by atomic mass is 10.3. The highest BCUT2D eigenvalue weighted by Gasteiger charge is 2.17. The number of thiazole rings is 1. The van der Waals surface area contributed by atoms with E-state index < -0.39 is 0 Å².